The first-order valence-corrected chi connectivity index (χ1v) is 8.75. The van der Waals surface area contributed by atoms with Gasteiger partial charge in [0.05, 0.1) is 25.2 Å². The normalized spacial score (nSPS) is 14.7. The second-order valence-corrected chi connectivity index (χ2v) is 6.66. The van der Waals surface area contributed by atoms with Crippen molar-refractivity contribution in [2.24, 2.45) is 0 Å². The molecule has 1 N–H and O–H groups in total. The number of nitro groups is 1. The number of hydrogen-bond acceptors (Lipinski definition) is 5. The summed E-state index contributed by atoms with van der Waals surface area (Å²) in [6.07, 6.45) is 3.05. The molecule has 142 valence electrons. The number of hydrogen-bond donors (Lipinski definition) is 1. The minimum atomic E-state index is -0.590. The Labute approximate surface area is 157 Å². The SMILES string of the molecule is COc1cc(C(=O)NCC2(c3ccccc3)CCC2)c([N+](=O)[O-])cc1OC. The van der Waals surface area contributed by atoms with Crippen LogP contribution in [0.2, 0.25) is 0 Å². The van der Waals surface area contributed by atoms with Crippen LogP contribution in [0, 0.1) is 10.1 Å². The minimum Gasteiger partial charge on any atom is -0.493 e. The van der Waals surface area contributed by atoms with Crippen molar-refractivity contribution < 1.29 is 19.2 Å². The van der Waals surface area contributed by atoms with Crippen LogP contribution in [0.1, 0.15) is 35.2 Å². The van der Waals surface area contributed by atoms with Crippen LogP contribution in [0.4, 0.5) is 5.69 Å². The van der Waals surface area contributed by atoms with Crippen molar-refractivity contribution in [2.75, 3.05) is 20.8 Å². The molecule has 0 saturated heterocycles. The highest BCUT2D eigenvalue weighted by Crippen LogP contribution is 2.43. The van der Waals surface area contributed by atoms with Crippen molar-refractivity contribution in [1.82, 2.24) is 5.32 Å². The largest absolute Gasteiger partial charge is 0.493 e. The van der Waals surface area contributed by atoms with E-state index in [4.69, 9.17) is 9.47 Å². The van der Waals surface area contributed by atoms with Crippen molar-refractivity contribution in [3.8, 4) is 11.5 Å². The molecule has 0 spiro atoms. The summed E-state index contributed by atoms with van der Waals surface area (Å²) in [6, 6.07) is 12.6. The Hall–Kier alpha value is -3.09. The van der Waals surface area contributed by atoms with Gasteiger partial charge in [-0.05, 0) is 18.4 Å². The van der Waals surface area contributed by atoms with Gasteiger partial charge in [0.25, 0.3) is 11.6 Å². The maximum Gasteiger partial charge on any atom is 0.286 e. The maximum absolute atomic E-state index is 12.7. The fourth-order valence-electron chi connectivity index (χ4n) is 3.51. The Morgan fingerprint density at radius 3 is 2.30 bits per heavy atom. The third-order valence-electron chi connectivity index (χ3n) is 5.23. The maximum atomic E-state index is 12.7. The van der Waals surface area contributed by atoms with Gasteiger partial charge in [0.15, 0.2) is 11.5 Å². The number of methoxy groups -OCH3 is 2. The summed E-state index contributed by atoms with van der Waals surface area (Å²) in [5, 5.41) is 14.3. The van der Waals surface area contributed by atoms with Crippen LogP contribution in [-0.2, 0) is 5.41 Å². The zero-order valence-electron chi connectivity index (χ0n) is 15.4. The molecule has 7 nitrogen and oxygen atoms in total. The highest BCUT2D eigenvalue weighted by Gasteiger charge is 2.39. The van der Waals surface area contributed by atoms with E-state index in [2.05, 4.69) is 17.4 Å². The Morgan fingerprint density at radius 2 is 1.78 bits per heavy atom. The average molecular weight is 370 g/mol. The molecule has 27 heavy (non-hydrogen) atoms. The molecular formula is C20H22N2O5. The zero-order chi connectivity index (χ0) is 19.4. The lowest BCUT2D eigenvalue weighted by Crippen LogP contribution is -2.45. The first-order chi connectivity index (χ1) is 13.0. The number of benzene rings is 2. The summed E-state index contributed by atoms with van der Waals surface area (Å²) in [7, 11) is 2.81. The van der Waals surface area contributed by atoms with E-state index in [1.165, 1.54) is 31.9 Å². The summed E-state index contributed by atoms with van der Waals surface area (Å²) in [6.45, 7) is 0.432. The summed E-state index contributed by atoms with van der Waals surface area (Å²) < 4.78 is 10.3. The number of carbonyl (C=O) groups is 1. The standard InChI is InChI=1S/C20H22N2O5/c1-26-17-11-15(16(22(24)25)12-18(17)27-2)19(23)21-13-20(9-6-10-20)14-7-4-3-5-8-14/h3-5,7-8,11-12H,6,9-10,13H2,1-2H3,(H,21,23). The van der Waals surface area contributed by atoms with E-state index in [1.54, 1.807) is 0 Å². The smallest absolute Gasteiger partial charge is 0.286 e. The summed E-state index contributed by atoms with van der Waals surface area (Å²) in [4.78, 5) is 23.6. The van der Waals surface area contributed by atoms with Crippen molar-refractivity contribution in [1.29, 1.82) is 0 Å². The number of ether oxygens (including phenoxy) is 2. The third-order valence-corrected chi connectivity index (χ3v) is 5.23. The molecular weight excluding hydrogens is 348 g/mol. The molecule has 0 aliphatic heterocycles. The average Bonchev–Trinajstić information content (AvgIpc) is 2.66. The van der Waals surface area contributed by atoms with Crippen LogP contribution in [0.25, 0.3) is 0 Å². The molecule has 0 heterocycles. The molecule has 1 aliphatic rings. The Morgan fingerprint density at radius 1 is 1.15 bits per heavy atom. The Bertz CT molecular complexity index is 847. The zero-order valence-corrected chi connectivity index (χ0v) is 15.4. The summed E-state index contributed by atoms with van der Waals surface area (Å²) in [5.74, 6) is -0.0139. The van der Waals surface area contributed by atoms with E-state index >= 15 is 0 Å². The molecule has 1 saturated carbocycles. The molecule has 0 unspecified atom stereocenters. The van der Waals surface area contributed by atoms with Crippen molar-refractivity contribution in [3.05, 3.63) is 63.7 Å². The molecule has 7 heteroatoms. The highest BCUT2D eigenvalue weighted by atomic mass is 16.6. The van der Waals surface area contributed by atoms with Gasteiger partial charge in [-0.25, -0.2) is 0 Å². The fourth-order valence-corrected chi connectivity index (χ4v) is 3.51. The van der Waals surface area contributed by atoms with Gasteiger partial charge in [0.1, 0.15) is 5.56 Å². The number of amides is 1. The van der Waals surface area contributed by atoms with Gasteiger partial charge in [0, 0.05) is 18.0 Å². The molecule has 1 amide bonds. The van der Waals surface area contributed by atoms with Crippen LogP contribution in [-0.4, -0.2) is 31.6 Å². The highest BCUT2D eigenvalue weighted by molar-refractivity contribution is 5.99. The van der Waals surface area contributed by atoms with E-state index in [1.807, 2.05) is 18.2 Å². The lowest BCUT2D eigenvalue weighted by molar-refractivity contribution is -0.385. The lowest BCUT2D eigenvalue weighted by Gasteiger charge is -2.42. The molecule has 0 radical (unpaired) electrons. The number of nitrogens with one attached hydrogen (secondary N) is 1. The quantitative estimate of drug-likeness (QED) is 0.595. The van der Waals surface area contributed by atoms with Crippen LogP contribution < -0.4 is 14.8 Å². The molecule has 0 bridgehead atoms. The number of rotatable bonds is 7. The number of carbonyl (C=O) groups excluding carboxylic acids is 1. The van der Waals surface area contributed by atoms with Crippen LogP contribution in [0.15, 0.2) is 42.5 Å². The van der Waals surface area contributed by atoms with Gasteiger partial charge in [-0.3, -0.25) is 14.9 Å². The van der Waals surface area contributed by atoms with E-state index in [0.717, 1.165) is 19.3 Å². The Kier molecular flexibility index (Phi) is 5.30. The first kappa shape index (κ1) is 18.7. The number of nitro benzene ring substituents is 1. The first-order valence-electron chi connectivity index (χ1n) is 8.75. The third kappa shape index (κ3) is 3.58. The Balaban J connectivity index is 1.85. The fraction of sp³-hybridized carbons (Fsp3) is 0.350. The van der Waals surface area contributed by atoms with Gasteiger partial charge in [0.2, 0.25) is 0 Å². The predicted octanol–water partition coefficient (Wildman–Crippen LogP) is 3.46. The molecule has 3 rings (SSSR count). The molecule has 2 aromatic carbocycles. The van der Waals surface area contributed by atoms with Crippen LogP contribution in [0.5, 0.6) is 11.5 Å². The van der Waals surface area contributed by atoms with E-state index in [-0.39, 0.29) is 28.2 Å². The number of nitrogens with zero attached hydrogens (tertiary/aromatic N) is 1. The van der Waals surface area contributed by atoms with Crippen molar-refractivity contribution in [3.63, 3.8) is 0 Å². The van der Waals surface area contributed by atoms with Crippen molar-refractivity contribution >= 4 is 11.6 Å². The summed E-state index contributed by atoms with van der Waals surface area (Å²) >= 11 is 0. The molecule has 1 fully saturated rings. The van der Waals surface area contributed by atoms with Gasteiger partial charge in [-0.2, -0.15) is 0 Å². The van der Waals surface area contributed by atoms with E-state index < -0.39 is 10.8 Å². The summed E-state index contributed by atoms with van der Waals surface area (Å²) in [5.41, 5.74) is 0.716. The van der Waals surface area contributed by atoms with E-state index in [9.17, 15) is 14.9 Å². The van der Waals surface area contributed by atoms with Gasteiger partial charge in [-0.1, -0.05) is 36.8 Å². The lowest BCUT2D eigenvalue weighted by atomic mass is 9.64. The molecule has 2 aromatic rings. The molecule has 0 aromatic heterocycles. The molecule has 0 atom stereocenters. The van der Waals surface area contributed by atoms with Crippen LogP contribution in [0.3, 0.4) is 0 Å². The molecule has 1 aliphatic carbocycles. The predicted molar refractivity (Wildman–Crippen MR) is 101 cm³/mol. The van der Waals surface area contributed by atoms with Crippen LogP contribution >= 0.6 is 0 Å². The second-order valence-electron chi connectivity index (χ2n) is 6.66. The van der Waals surface area contributed by atoms with Gasteiger partial charge < -0.3 is 14.8 Å². The topological polar surface area (TPSA) is 90.7 Å². The van der Waals surface area contributed by atoms with E-state index in [0.29, 0.717) is 6.54 Å². The van der Waals surface area contributed by atoms with Crippen molar-refractivity contribution in [2.45, 2.75) is 24.7 Å². The monoisotopic (exact) mass is 370 g/mol. The van der Waals surface area contributed by atoms with Gasteiger partial charge in [-0.15, -0.1) is 0 Å². The van der Waals surface area contributed by atoms with Gasteiger partial charge >= 0.3 is 0 Å². The minimum absolute atomic E-state index is 0.0415. The second kappa shape index (κ2) is 7.65.